The number of methoxy groups -OCH3 is 1. The van der Waals surface area contributed by atoms with Gasteiger partial charge in [0.25, 0.3) is 0 Å². The Morgan fingerprint density at radius 2 is 2.00 bits per heavy atom. The quantitative estimate of drug-likeness (QED) is 0.343. The normalized spacial score (nSPS) is 18.8. The highest BCUT2D eigenvalue weighted by Crippen LogP contribution is 2.36. The number of anilines is 1. The summed E-state index contributed by atoms with van der Waals surface area (Å²) in [6.45, 7) is 6.90. The highest BCUT2D eigenvalue weighted by molar-refractivity contribution is 5.85. The van der Waals surface area contributed by atoms with Gasteiger partial charge in [-0.25, -0.2) is 14.5 Å². The summed E-state index contributed by atoms with van der Waals surface area (Å²) in [6, 6.07) is 13.3. The predicted molar refractivity (Wildman–Crippen MR) is 140 cm³/mol. The first-order chi connectivity index (χ1) is 18.2. The highest BCUT2D eigenvalue weighted by Gasteiger charge is 2.44. The molecule has 0 spiro atoms. The summed E-state index contributed by atoms with van der Waals surface area (Å²) >= 11 is 0. The summed E-state index contributed by atoms with van der Waals surface area (Å²) in [4.78, 5) is 14.1. The molecule has 3 saturated heterocycles. The molecular weight excluding hydrogens is 466 g/mol. The van der Waals surface area contributed by atoms with Gasteiger partial charge in [0.2, 0.25) is 5.88 Å². The van der Waals surface area contributed by atoms with Crippen LogP contribution in [0.2, 0.25) is 0 Å². The molecule has 4 aromatic rings. The number of piperidine rings is 1. The van der Waals surface area contributed by atoms with Gasteiger partial charge in [0.15, 0.2) is 0 Å². The predicted octanol–water partition coefficient (Wildman–Crippen LogP) is 3.70. The lowest BCUT2D eigenvalue weighted by atomic mass is 9.87. The van der Waals surface area contributed by atoms with E-state index < -0.39 is 0 Å². The van der Waals surface area contributed by atoms with Crippen molar-refractivity contribution >= 4 is 11.3 Å². The molecule has 0 N–H and O–H groups in total. The van der Waals surface area contributed by atoms with Crippen molar-refractivity contribution in [2.45, 2.75) is 25.0 Å². The molecule has 2 unspecified atom stereocenters. The maximum atomic E-state index is 9.60. The lowest BCUT2D eigenvalue weighted by Gasteiger charge is -2.56. The number of hydrogen-bond acceptors (Lipinski definition) is 8. The third-order valence-corrected chi connectivity index (χ3v) is 7.17. The Morgan fingerprint density at radius 3 is 2.68 bits per heavy atom. The zero-order valence-electron chi connectivity index (χ0n) is 20.6. The van der Waals surface area contributed by atoms with Gasteiger partial charge in [-0.05, 0) is 30.2 Å². The molecular formula is C28H27N7O2. The van der Waals surface area contributed by atoms with E-state index in [1.165, 1.54) is 12.0 Å². The van der Waals surface area contributed by atoms with Gasteiger partial charge in [0.1, 0.15) is 24.2 Å². The number of piperazine rings is 1. The number of ether oxygens (including phenoxy) is 2. The topological polar surface area (TPSA) is 91.8 Å². The number of nitrogens with zero attached hydrogens (tertiary/aromatic N) is 7. The van der Waals surface area contributed by atoms with Gasteiger partial charge in [-0.1, -0.05) is 18.7 Å². The largest absolute Gasteiger partial charge is 0.488 e. The summed E-state index contributed by atoms with van der Waals surface area (Å²) in [6.07, 6.45) is 10.0. The van der Waals surface area contributed by atoms with E-state index in [1.807, 2.05) is 24.5 Å². The van der Waals surface area contributed by atoms with E-state index in [0.29, 0.717) is 35.9 Å². The van der Waals surface area contributed by atoms with Crippen LogP contribution in [0.25, 0.3) is 16.6 Å². The summed E-state index contributed by atoms with van der Waals surface area (Å²) in [7, 11) is 1.63. The number of pyridine rings is 3. The van der Waals surface area contributed by atoms with Gasteiger partial charge in [0, 0.05) is 61.3 Å². The molecule has 4 aromatic heterocycles. The van der Waals surface area contributed by atoms with Crippen LogP contribution < -0.4 is 14.4 Å². The summed E-state index contributed by atoms with van der Waals surface area (Å²) in [5, 5.41) is 13.9. The lowest BCUT2D eigenvalue weighted by molar-refractivity contribution is -0.00876. The van der Waals surface area contributed by atoms with E-state index in [1.54, 1.807) is 30.1 Å². The Hall–Kier alpha value is -4.42. The minimum atomic E-state index is 0.387. The number of hydrogen-bond donors (Lipinski definition) is 0. The van der Waals surface area contributed by atoms with E-state index in [4.69, 9.17) is 14.5 Å². The maximum Gasteiger partial charge on any atom is 0.212 e. The van der Waals surface area contributed by atoms with Crippen LogP contribution in [0.4, 0.5) is 5.82 Å². The smallest absolute Gasteiger partial charge is 0.212 e. The van der Waals surface area contributed by atoms with Crippen LogP contribution in [-0.2, 0) is 6.54 Å². The van der Waals surface area contributed by atoms with Crippen molar-refractivity contribution in [3.8, 4) is 28.8 Å². The number of aromatic nitrogens is 4. The molecule has 0 aromatic carbocycles. The third kappa shape index (κ3) is 4.26. The summed E-state index contributed by atoms with van der Waals surface area (Å²) in [5.41, 5.74) is 4.22. The molecule has 37 heavy (non-hydrogen) atoms. The number of fused-ring (bicyclic) bond motifs is 3. The van der Waals surface area contributed by atoms with Gasteiger partial charge in [-0.2, -0.15) is 10.4 Å². The second-order valence-electron chi connectivity index (χ2n) is 9.39. The second kappa shape index (κ2) is 9.56. The zero-order chi connectivity index (χ0) is 25.4. The van der Waals surface area contributed by atoms with Gasteiger partial charge in [-0.3, -0.25) is 4.90 Å². The van der Waals surface area contributed by atoms with Gasteiger partial charge in [0.05, 0.1) is 30.6 Å². The van der Waals surface area contributed by atoms with E-state index in [9.17, 15) is 5.26 Å². The van der Waals surface area contributed by atoms with Gasteiger partial charge >= 0.3 is 0 Å². The van der Waals surface area contributed by atoms with Crippen molar-refractivity contribution in [2.24, 2.45) is 0 Å². The monoisotopic (exact) mass is 493 g/mol. The van der Waals surface area contributed by atoms with Crippen molar-refractivity contribution < 1.29 is 9.47 Å². The Morgan fingerprint density at radius 1 is 1.14 bits per heavy atom. The van der Waals surface area contributed by atoms with Crippen LogP contribution >= 0.6 is 0 Å². The molecule has 2 bridgehead atoms. The van der Waals surface area contributed by atoms with Crippen LogP contribution in [0.5, 0.6) is 11.6 Å². The lowest BCUT2D eigenvalue weighted by Crippen LogP contribution is -2.68. The fourth-order valence-corrected chi connectivity index (χ4v) is 5.33. The fourth-order valence-electron chi connectivity index (χ4n) is 5.33. The van der Waals surface area contributed by atoms with Gasteiger partial charge < -0.3 is 14.4 Å². The summed E-state index contributed by atoms with van der Waals surface area (Å²) in [5.74, 6) is 2.26. The molecule has 186 valence electrons. The van der Waals surface area contributed by atoms with Crippen molar-refractivity contribution in [1.29, 1.82) is 5.26 Å². The molecule has 0 aliphatic carbocycles. The molecule has 7 rings (SSSR count). The molecule has 3 aliphatic rings. The van der Waals surface area contributed by atoms with Crippen molar-refractivity contribution in [3.05, 3.63) is 78.9 Å². The van der Waals surface area contributed by atoms with Crippen LogP contribution in [0.3, 0.4) is 0 Å². The van der Waals surface area contributed by atoms with E-state index in [2.05, 4.69) is 50.7 Å². The van der Waals surface area contributed by atoms with Crippen LogP contribution in [0, 0.1) is 11.3 Å². The minimum Gasteiger partial charge on any atom is -0.488 e. The first kappa shape index (κ1) is 23.0. The van der Waals surface area contributed by atoms with Crippen LogP contribution in [0.1, 0.15) is 17.5 Å². The fraction of sp³-hybridized carbons (Fsp3) is 0.286. The van der Waals surface area contributed by atoms with E-state index in [0.717, 1.165) is 42.1 Å². The van der Waals surface area contributed by atoms with Crippen molar-refractivity contribution in [3.63, 3.8) is 0 Å². The Kier molecular flexibility index (Phi) is 5.94. The zero-order valence-corrected chi connectivity index (χ0v) is 20.6. The molecule has 2 atom stereocenters. The highest BCUT2D eigenvalue weighted by atomic mass is 16.5. The minimum absolute atomic E-state index is 0.387. The molecule has 9 heteroatoms. The number of rotatable bonds is 8. The van der Waals surface area contributed by atoms with Crippen LogP contribution in [0.15, 0.2) is 67.8 Å². The molecule has 7 heterocycles. The number of nitriles is 1. The standard InChI is InChI=1S/C28H27N7O2/c1-3-8-37-24-10-25(28-21(11-29)14-32-35(28)18-24)20-5-6-26(30-13-20)33-16-22-9-23(17-33)34(22)15-19-4-7-27(36-2)31-12-19/h3-7,10,12-14,18,22-23H,1,8-9,15-17H2,2H3. The molecule has 3 fully saturated rings. The Balaban J connectivity index is 1.19. The molecule has 0 saturated carbocycles. The summed E-state index contributed by atoms with van der Waals surface area (Å²) < 4.78 is 12.6. The van der Waals surface area contributed by atoms with Crippen LogP contribution in [-0.4, -0.2) is 63.4 Å². The van der Waals surface area contributed by atoms with E-state index >= 15 is 0 Å². The average Bonchev–Trinajstić information content (AvgIpc) is 3.38. The Labute approximate surface area is 215 Å². The second-order valence-corrected chi connectivity index (χ2v) is 9.39. The van der Waals surface area contributed by atoms with E-state index in [-0.39, 0.29) is 0 Å². The average molecular weight is 494 g/mol. The van der Waals surface area contributed by atoms with Crippen molar-refractivity contribution in [1.82, 2.24) is 24.5 Å². The van der Waals surface area contributed by atoms with Gasteiger partial charge in [-0.15, -0.1) is 0 Å². The molecule has 0 radical (unpaired) electrons. The SMILES string of the molecule is C=CCOc1cc(-c2ccc(N3CC4CC(C3)N4Cc3ccc(OC)nc3)nc2)c2c(C#N)cnn2c1. The molecule has 9 nitrogen and oxygen atoms in total. The first-order valence-corrected chi connectivity index (χ1v) is 12.3. The first-order valence-electron chi connectivity index (χ1n) is 12.3. The Bertz CT molecular complexity index is 1460. The third-order valence-electron chi connectivity index (χ3n) is 7.17. The molecule has 3 aliphatic heterocycles. The van der Waals surface area contributed by atoms with Crippen molar-refractivity contribution in [2.75, 3.05) is 31.7 Å². The maximum absolute atomic E-state index is 9.60. The molecule has 0 amide bonds.